The van der Waals surface area contributed by atoms with Crippen molar-refractivity contribution in [2.24, 2.45) is 17.6 Å². The molecule has 0 bridgehead atoms. The number of aromatic nitrogens is 1. The number of carbonyl (C=O) groups is 1. The van der Waals surface area contributed by atoms with E-state index in [1.54, 1.807) is 18.3 Å². The standard InChI is InChI=1S/C15H21N3OS/c1-3-10-4-6-12(9(10)2)18-15(19)13-7-5-11(8-17-13)14(16)20/h5,7-10,12H,3-4,6H2,1-2H3,(H2,16,20)(H,18,19). The minimum Gasteiger partial charge on any atom is -0.389 e. The fraction of sp³-hybridized carbons (Fsp3) is 0.533. The molecule has 1 aliphatic carbocycles. The zero-order chi connectivity index (χ0) is 14.7. The van der Waals surface area contributed by atoms with Gasteiger partial charge in [0.15, 0.2) is 0 Å². The number of nitrogens with one attached hydrogen (secondary N) is 1. The van der Waals surface area contributed by atoms with Gasteiger partial charge in [0.2, 0.25) is 0 Å². The number of hydrogen-bond donors (Lipinski definition) is 2. The highest BCUT2D eigenvalue weighted by atomic mass is 32.1. The van der Waals surface area contributed by atoms with Crippen LogP contribution in [0.2, 0.25) is 0 Å². The van der Waals surface area contributed by atoms with Crippen LogP contribution in [-0.2, 0) is 0 Å². The van der Waals surface area contributed by atoms with E-state index in [1.807, 2.05) is 0 Å². The number of amides is 1. The summed E-state index contributed by atoms with van der Waals surface area (Å²) in [4.78, 5) is 16.6. The lowest BCUT2D eigenvalue weighted by atomic mass is 9.93. The Morgan fingerprint density at radius 1 is 1.50 bits per heavy atom. The van der Waals surface area contributed by atoms with Gasteiger partial charge in [0.05, 0.1) is 0 Å². The van der Waals surface area contributed by atoms with Crippen LogP contribution in [0, 0.1) is 11.8 Å². The van der Waals surface area contributed by atoms with E-state index in [0.29, 0.717) is 28.1 Å². The molecule has 4 nitrogen and oxygen atoms in total. The number of hydrogen-bond acceptors (Lipinski definition) is 3. The maximum Gasteiger partial charge on any atom is 0.270 e. The topological polar surface area (TPSA) is 68.0 Å². The molecule has 0 aliphatic heterocycles. The second-order valence-electron chi connectivity index (χ2n) is 5.48. The number of rotatable bonds is 4. The maximum atomic E-state index is 12.2. The van der Waals surface area contributed by atoms with Crippen molar-refractivity contribution in [2.45, 2.75) is 39.2 Å². The van der Waals surface area contributed by atoms with Crippen LogP contribution in [0.1, 0.15) is 49.2 Å². The Kier molecular flexibility index (Phi) is 4.70. The van der Waals surface area contributed by atoms with E-state index >= 15 is 0 Å². The molecule has 0 saturated heterocycles. The Hall–Kier alpha value is -1.49. The summed E-state index contributed by atoms with van der Waals surface area (Å²) >= 11 is 4.87. The van der Waals surface area contributed by atoms with Gasteiger partial charge in [0.1, 0.15) is 10.7 Å². The summed E-state index contributed by atoms with van der Waals surface area (Å²) in [7, 11) is 0. The largest absolute Gasteiger partial charge is 0.389 e. The Bertz CT molecular complexity index is 500. The van der Waals surface area contributed by atoms with Crippen LogP contribution < -0.4 is 11.1 Å². The Balaban J connectivity index is 2.00. The Morgan fingerprint density at radius 3 is 2.75 bits per heavy atom. The summed E-state index contributed by atoms with van der Waals surface area (Å²) in [5.41, 5.74) is 6.60. The predicted molar refractivity (Wildman–Crippen MR) is 83.6 cm³/mol. The average molecular weight is 291 g/mol. The minimum atomic E-state index is -0.118. The van der Waals surface area contributed by atoms with Gasteiger partial charge >= 0.3 is 0 Å². The molecule has 5 heteroatoms. The summed E-state index contributed by atoms with van der Waals surface area (Å²) in [6, 6.07) is 3.65. The van der Waals surface area contributed by atoms with Crippen molar-refractivity contribution in [3.05, 3.63) is 29.6 Å². The zero-order valence-corrected chi connectivity index (χ0v) is 12.7. The molecule has 0 aromatic carbocycles. The SMILES string of the molecule is CCC1CCC(NC(=O)c2ccc(C(N)=S)cn2)C1C. The molecule has 1 fully saturated rings. The van der Waals surface area contributed by atoms with Crippen LogP contribution in [0.3, 0.4) is 0 Å². The second-order valence-corrected chi connectivity index (χ2v) is 5.92. The highest BCUT2D eigenvalue weighted by molar-refractivity contribution is 7.80. The monoisotopic (exact) mass is 291 g/mol. The number of carbonyl (C=O) groups excluding carboxylic acids is 1. The van der Waals surface area contributed by atoms with Crippen molar-refractivity contribution in [2.75, 3.05) is 0 Å². The third kappa shape index (κ3) is 3.15. The number of nitrogens with zero attached hydrogens (tertiary/aromatic N) is 1. The van der Waals surface area contributed by atoms with Gasteiger partial charge in [0, 0.05) is 17.8 Å². The van der Waals surface area contributed by atoms with Gasteiger partial charge in [-0.1, -0.05) is 32.5 Å². The zero-order valence-electron chi connectivity index (χ0n) is 11.9. The lowest BCUT2D eigenvalue weighted by molar-refractivity contribution is 0.0921. The first-order valence-corrected chi connectivity index (χ1v) is 7.50. The van der Waals surface area contributed by atoms with Gasteiger partial charge in [-0.05, 0) is 36.8 Å². The smallest absolute Gasteiger partial charge is 0.270 e. The van der Waals surface area contributed by atoms with E-state index in [0.717, 1.165) is 6.42 Å². The van der Waals surface area contributed by atoms with E-state index in [2.05, 4.69) is 24.1 Å². The van der Waals surface area contributed by atoms with Crippen LogP contribution in [0.15, 0.2) is 18.3 Å². The number of thiocarbonyl (C=S) groups is 1. The highest BCUT2D eigenvalue weighted by Gasteiger charge is 2.32. The summed E-state index contributed by atoms with van der Waals surface area (Å²) in [6.07, 6.45) is 4.96. The highest BCUT2D eigenvalue weighted by Crippen LogP contribution is 2.33. The molecule has 0 radical (unpaired) electrons. The molecule has 1 aliphatic rings. The van der Waals surface area contributed by atoms with Crippen molar-refractivity contribution in [3.8, 4) is 0 Å². The van der Waals surface area contributed by atoms with Crippen LogP contribution in [0.5, 0.6) is 0 Å². The van der Waals surface area contributed by atoms with Gasteiger partial charge in [-0.3, -0.25) is 9.78 Å². The molecule has 108 valence electrons. The van der Waals surface area contributed by atoms with Crippen LogP contribution in [0.25, 0.3) is 0 Å². The van der Waals surface area contributed by atoms with Crippen LogP contribution in [-0.4, -0.2) is 21.9 Å². The molecule has 1 aromatic rings. The molecule has 1 aromatic heterocycles. The van der Waals surface area contributed by atoms with Crippen molar-refractivity contribution in [1.29, 1.82) is 0 Å². The lowest BCUT2D eigenvalue weighted by Crippen LogP contribution is -2.37. The van der Waals surface area contributed by atoms with Gasteiger partial charge in [0.25, 0.3) is 5.91 Å². The van der Waals surface area contributed by atoms with Crippen LogP contribution in [0.4, 0.5) is 0 Å². The molecule has 20 heavy (non-hydrogen) atoms. The first-order chi connectivity index (χ1) is 9.52. The molecule has 2 rings (SSSR count). The van der Waals surface area contributed by atoms with Gasteiger partial charge < -0.3 is 11.1 Å². The third-order valence-electron chi connectivity index (χ3n) is 4.35. The molecule has 3 unspecified atom stereocenters. The van der Waals surface area contributed by atoms with E-state index in [-0.39, 0.29) is 11.9 Å². The quantitative estimate of drug-likeness (QED) is 0.835. The normalized spacial score (nSPS) is 25.4. The summed E-state index contributed by atoms with van der Waals surface area (Å²) in [5.74, 6) is 1.12. The molecule has 3 N–H and O–H groups in total. The Labute approximate surface area is 125 Å². The number of nitrogens with two attached hydrogens (primary N) is 1. The van der Waals surface area contributed by atoms with E-state index in [1.165, 1.54) is 12.8 Å². The maximum absolute atomic E-state index is 12.2. The third-order valence-corrected chi connectivity index (χ3v) is 4.58. The summed E-state index contributed by atoms with van der Waals surface area (Å²) in [6.45, 7) is 4.43. The van der Waals surface area contributed by atoms with Crippen molar-refractivity contribution in [3.63, 3.8) is 0 Å². The van der Waals surface area contributed by atoms with Gasteiger partial charge in [-0.2, -0.15) is 0 Å². The fourth-order valence-corrected chi connectivity index (χ4v) is 3.06. The molecule has 1 heterocycles. The van der Waals surface area contributed by atoms with Crippen molar-refractivity contribution < 1.29 is 4.79 Å². The number of pyridine rings is 1. The van der Waals surface area contributed by atoms with E-state index in [4.69, 9.17) is 18.0 Å². The molecule has 0 spiro atoms. The van der Waals surface area contributed by atoms with Crippen LogP contribution >= 0.6 is 12.2 Å². The molecule has 1 saturated carbocycles. The Morgan fingerprint density at radius 2 is 2.25 bits per heavy atom. The van der Waals surface area contributed by atoms with E-state index in [9.17, 15) is 4.79 Å². The molecule has 3 atom stereocenters. The van der Waals surface area contributed by atoms with E-state index < -0.39 is 0 Å². The molecule has 1 amide bonds. The lowest BCUT2D eigenvalue weighted by Gasteiger charge is -2.20. The first-order valence-electron chi connectivity index (χ1n) is 7.09. The summed E-state index contributed by atoms with van der Waals surface area (Å²) in [5, 5.41) is 3.09. The predicted octanol–water partition coefficient (Wildman–Crippen LogP) is 2.27. The second kappa shape index (κ2) is 6.31. The van der Waals surface area contributed by atoms with Gasteiger partial charge in [-0.25, -0.2) is 0 Å². The van der Waals surface area contributed by atoms with Crippen molar-refractivity contribution >= 4 is 23.1 Å². The average Bonchev–Trinajstić information content (AvgIpc) is 2.79. The molecular formula is C15H21N3OS. The minimum absolute atomic E-state index is 0.118. The first kappa shape index (κ1) is 14.9. The molecular weight excluding hydrogens is 270 g/mol. The fourth-order valence-electron chi connectivity index (χ4n) is 2.94. The van der Waals surface area contributed by atoms with Crippen molar-refractivity contribution in [1.82, 2.24) is 10.3 Å². The van der Waals surface area contributed by atoms with Gasteiger partial charge in [-0.15, -0.1) is 0 Å². The summed E-state index contributed by atoms with van der Waals surface area (Å²) < 4.78 is 0.